The minimum Gasteiger partial charge on any atom is -0.497 e. The third-order valence-electron chi connectivity index (χ3n) is 3.75. The van der Waals surface area contributed by atoms with Crippen molar-refractivity contribution in [2.75, 3.05) is 13.7 Å². The number of methoxy groups -OCH3 is 1. The van der Waals surface area contributed by atoms with Crippen molar-refractivity contribution < 1.29 is 14.3 Å². The largest absolute Gasteiger partial charge is 0.497 e. The second-order valence-electron chi connectivity index (χ2n) is 7.07. The summed E-state index contributed by atoms with van der Waals surface area (Å²) < 4.78 is 10.5. The molecule has 1 aliphatic rings. The monoisotopic (exact) mass is 320 g/mol. The maximum absolute atomic E-state index is 11.9. The van der Waals surface area contributed by atoms with Crippen LogP contribution in [0.4, 0.5) is 4.79 Å². The first kappa shape index (κ1) is 17.6. The van der Waals surface area contributed by atoms with Crippen LogP contribution in [0.1, 0.15) is 39.2 Å². The van der Waals surface area contributed by atoms with Gasteiger partial charge in [-0.15, -0.1) is 0 Å². The number of hydrogen-bond acceptors (Lipinski definition) is 4. The number of rotatable bonds is 7. The van der Waals surface area contributed by atoms with E-state index in [-0.39, 0.29) is 12.1 Å². The Morgan fingerprint density at radius 1 is 1.26 bits per heavy atom. The van der Waals surface area contributed by atoms with E-state index in [4.69, 9.17) is 9.47 Å². The van der Waals surface area contributed by atoms with Crippen molar-refractivity contribution in [1.29, 1.82) is 0 Å². The van der Waals surface area contributed by atoms with Crippen molar-refractivity contribution in [3.05, 3.63) is 29.8 Å². The molecule has 1 amide bonds. The highest BCUT2D eigenvalue weighted by atomic mass is 16.6. The van der Waals surface area contributed by atoms with Crippen LogP contribution in [0.3, 0.4) is 0 Å². The average molecular weight is 320 g/mol. The number of carbonyl (C=O) groups is 1. The van der Waals surface area contributed by atoms with Crippen LogP contribution in [0.5, 0.6) is 5.75 Å². The van der Waals surface area contributed by atoms with Gasteiger partial charge >= 0.3 is 6.09 Å². The molecule has 2 N–H and O–H groups in total. The Hall–Kier alpha value is -1.75. The molecule has 1 saturated carbocycles. The van der Waals surface area contributed by atoms with Crippen LogP contribution < -0.4 is 15.4 Å². The molecule has 0 bridgehead atoms. The lowest BCUT2D eigenvalue weighted by molar-refractivity contribution is 0.0497. The summed E-state index contributed by atoms with van der Waals surface area (Å²) in [6, 6.07) is 8.12. The molecule has 1 fully saturated rings. The fourth-order valence-corrected chi connectivity index (χ4v) is 2.41. The van der Waals surface area contributed by atoms with Gasteiger partial charge in [0.15, 0.2) is 0 Å². The van der Waals surface area contributed by atoms with E-state index in [2.05, 4.69) is 10.6 Å². The third-order valence-corrected chi connectivity index (χ3v) is 3.75. The summed E-state index contributed by atoms with van der Waals surface area (Å²) in [6.07, 6.45) is 2.01. The summed E-state index contributed by atoms with van der Waals surface area (Å²) in [7, 11) is 1.66. The Labute approximate surface area is 138 Å². The first-order chi connectivity index (χ1) is 10.9. The van der Waals surface area contributed by atoms with E-state index < -0.39 is 5.60 Å². The van der Waals surface area contributed by atoms with E-state index in [1.54, 1.807) is 7.11 Å². The van der Waals surface area contributed by atoms with Gasteiger partial charge in [0.05, 0.1) is 7.11 Å². The summed E-state index contributed by atoms with van der Waals surface area (Å²) in [4.78, 5) is 11.9. The van der Waals surface area contributed by atoms with Gasteiger partial charge in [0.1, 0.15) is 11.4 Å². The molecule has 1 unspecified atom stereocenters. The topological polar surface area (TPSA) is 59.6 Å². The standard InChI is InChI=1S/C18H28N2O3/c1-18(2,3)23-17(21)20-16(14-7-8-14)12-19-11-13-5-9-15(22-4)10-6-13/h5-6,9-10,14,16,19H,7-8,11-12H2,1-4H3,(H,20,21). The van der Waals surface area contributed by atoms with Crippen molar-refractivity contribution in [1.82, 2.24) is 10.6 Å². The smallest absolute Gasteiger partial charge is 0.407 e. The fraction of sp³-hybridized carbons (Fsp3) is 0.611. The predicted octanol–water partition coefficient (Wildman–Crippen LogP) is 3.09. The van der Waals surface area contributed by atoms with E-state index >= 15 is 0 Å². The summed E-state index contributed by atoms with van der Waals surface area (Å²) in [5, 5.41) is 6.41. The van der Waals surface area contributed by atoms with Gasteiger partial charge in [0, 0.05) is 19.1 Å². The van der Waals surface area contributed by atoms with Gasteiger partial charge in [-0.3, -0.25) is 0 Å². The zero-order valence-corrected chi connectivity index (χ0v) is 14.5. The number of alkyl carbamates (subject to hydrolysis) is 1. The molecule has 2 rings (SSSR count). The number of amides is 1. The zero-order chi connectivity index (χ0) is 16.9. The molecule has 1 aromatic rings. The van der Waals surface area contributed by atoms with E-state index in [1.165, 1.54) is 18.4 Å². The van der Waals surface area contributed by atoms with Gasteiger partial charge < -0.3 is 20.1 Å². The molecule has 23 heavy (non-hydrogen) atoms. The van der Waals surface area contributed by atoms with Crippen molar-refractivity contribution in [3.8, 4) is 5.75 Å². The van der Waals surface area contributed by atoms with E-state index in [1.807, 2.05) is 45.0 Å². The molecule has 0 aliphatic heterocycles. The Kier molecular flexibility index (Phi) is 5.88. The van der Waals surface area contributed by atoms with Crippen LogP contribution in [0.2, 0.25) is 0 Å². The molecule has 1 atom stereocenters. The Bertz CT molecular complexity index is 504. The highest BCUT2D eigenvalue weighted by Gasteiger charge is 2.33. The van der Waals surface area contributed by atoms with Gasteiger partial charge in [-0.05, 0) is 57.2 Å². The highest BCUT2D eigenvalue weighted by Crippen LogP contribution is 2.32. The average Bonchev–Trinajstić information content (AvgIpc) is 3.29. The molecule has 1 aromatic carbocycles. The number of benzene rings is 1. The normalized spacial score (nSPS) is 15.8. The molecule has 0 heterocycles. The molecule has 0 saturated heterocycles. The lowest BCUT2D eigenvalue weighted by atomic mass is 10.1. The lowest BCUT2D eigenvalue weighted by Crippen LogP contribution is -2.45. The fourth-order valence-electron chi connectivity index (χ4n) is 2.41. The number of hydrogen-bond donors (Lipinski definition) is 2. The van der Waals surface area contributed by atoms with Crippen LogP contribution in [-0.2, 0) is 11.3 Å². The van der Waals surface area contributed by atoms with E-state index in [0.717, 1.165) is 18.8 Å². The van der Waals surface area contributed by atoms with Gasteiger partial charge in [0.25, 0.3) is 0 Å². The molecule has 5 heteroatoms. The Morgan fingerprint density at radius 2 is 1.91 bits per heavy atom. The quantitative estimate of drug-likeness (QED) is 0.810. The molecule has 0 spiro atoms. The van der Waals surface area contributed by atoms with E-state index in [9.17, 15) is 4.79 Å². The van der Waals surface area contributed by atoms with Gasteiger partial charge in [-0.1, -0.05) is 12.1 Å². The van der Waals surface area contributed by atoms with Gasteiger partial charge in [-0.2, -0.15) is 0 Å². The summed E-state index contributed by atoms with van der Waals surface area (Å²) >= 11 is 0. The second-order valence-corrected chi connectivity index (χ2v) is 7.07. The summed E-state index contributed by atoms with van der Waals surface area (Å²) in [5.41, 5.74) is 0.729. The zero-order valence-electron chi connectivity index (χ0n) is 14.5. The van der Waals surface area contributed by atoms with Crippen molar-refractivity contribution in [2.45, 2.75) is 51.8 Å². The van der Waals surface area contributed by atoms with Gasteiger partial charge in [-0.25, -0.2) is 4.79 Å². The van der Waals surface area contributed by atoms with Crippen LogP contribution in [0.25, 0.3) is 0 Å². The lowest BCUT2D eigenvalue weighted by Gasteiger charge is -2.24. The summed E-state index contributed by atoms with van der Waals surface area (Å²) in [6.45, 7) is 7.14. The first-order valence-corrected chi connectivity index (χ1v) is 8.20. The van der Waals surface area contributed by atoms with Crippen LogP contribution in [0.15, 0.2) is 24.3 Å². The minimum absolute atomic E-state index is 0.128. The third kappa shape index (κ3) is 6.48. The van der Waals surface area contributed by atoms with Crippen molar-refractivity contribution >= 4 is 6.09 Å². The maximum atomic E-state index is 11.9. The number of nitrogens with one attached hydrogen (secondary N) is 2. The number of carbonyl (C=O) groups excluding carboxylic acids is 1. The molecule has 1 aliphatic carbocycles. The van der Waals surface area contributed by atoms with Crippen LogP contribution >= 0.6 is 0 Å². The SMILES string of the molecule is COc1ccc(CNCC(NC(=O)OC(C)(C)C)C2CC2)cc1. The molecular weight excluding hydrogens is 292 g/mol. The molecule has 5 nitrogen and oxygen atoms in total. The van der Waals surface area contributed by atoms with E-state index in [0.29, 0.717) is 5.92 Å². The molecule has 0 radical (unpaired) electrons. The Morgan fingerprint density at radius 3 is 2.43 bits per heavy atom. The minimum atomic E-state index is -0.464. The molecule has 0 aromatic heterocycles. The molecule has 128 valence electrons. The molecular formula is C18H28N2O3. The van der Waals surface area contributed by atoms with Gasteiger partial charge in [0.2, 0.25) is 0 Å². The maximum Gasteiger partial charge on any atom is 0.407 e. The highest BCUT2D eigenvalue weighted by molar-refractivity contribution is 5.68. The van der Waals surface area contributed by atoms with Crippen LogP contribution in [0, 0.1) is 5.92 Å². The van der Waals surface area contributed by atoms with Crippen LogP contribution in [-0.4, -0.2) is 31.4 Å². The predicted molar refractivity (Wildman–Crippen MR) is 90.6 cm³/mol. The number of ether oxygens (including phenoxy) is 2. The Balaban J connectivity index is 1.77. The summed E-state index contributed by atoms with van der Waals surface area (Å²) in [5.74, 6) is 1.42. The first-order valence-electron chi connectivity index (χ1n) is 8.20. The second kappa shape index (κ2) is 7.68. The van der Waals surface area contributed by atoms with Crippen molar-refractivity contribution in [3.63, 3.8) is 0 Å². The van der Waals surface area contributed by atoms with Crippen molar-refractivity contribution in [2.24, 2.45) is 5.92 Å².